The molecule has 8 nitrogen and oxygen atoms in total. The minimum atomic E-state index is -0.605. The predicted molar refractivity (Wildman–Crippen MR) is 108 cm³/mol. The molecule has 0 aliphatic heterocycles. The third-order valence-electron chi connectivity index (χ3n) is 5.16. The summed E-state index contributed by atoms with van der Waals surface area (Å²) in [5, 5.41) is 14.1. The number of nitrogens with zero attached hydrogens (tertiary/aromatic N) is 3. The van der Waals surface area contributed by atoms with Crippen molar-refractivity contribution in [2.75, 3.05) is 7.11 Å². The van der Waals surface area contributed by atoms with E-state index in [2.05, 4.69) is 20.9 Å². The normalized spacial score (nSPS) is 20.3. The first-order valence-corrected chi connectivity index (χ1v) is 10.1. The Balaban J connectivity index is 1.52. The zero-order valence-corrected chi connectivity index (χ0v) is 17.2. The fourth-order valence-electron chi connectivity index (χ4n) is 3.68. The van der Waals surface area contributed by atoms with Crippen LogP contribution in [0.4, 0.5) is 0 Å². The average molecular weight is 399 g/mol. The topological polar surface area (TPSA) is 98.1 Å². The summed E-state index contributed by atoms with van der Waals surface area (Å²) in [4.78, 5) is 24.7. The van der Waals surface area contributed by atoms with E-state index >= 15 is 0 Å². The minimum absolute atomic E-state index is 0.0542. The Morgan fingerprint density at radius 1 is 1.14 bits per heavy atom. The molecule has 156 valence electrons. The van der Waals surface area contributed by atoms with Crippen LogP contribution < -0.4 is 10.6 Å². The van der Waals surface area contributed by atoms with Crippen molar-refractivity contribution in [2.24, 2.45) is 0 Å². The van der Waals surface area contributed by atoms with Crippen LogP contribution in [0.25, 0.3) is 0 Å². The van der Waals surface area contributed by atoms with Gasteiger partial charge in [0.2, 0.25) is 0 Å². The van der Waals surface area contributed by atoms with E-state index < -0.39 is 6.10 Å². The summed E-state index contributed by atoms with van der Waals surface area (Å²) in [5.74, 6) is -0.325. The molecule has 0 radical (unpaired) electrons. The number of hydrogen-bond acceptors (Lipinski definition) is 5. The van der Waals surface area contributed by atoms with Crippen LogP contribution in [0.15, 0.2) is 36.5 Å². The van der Waals surface area contributed by atoms with Gasteiger partial charge in [0.1, 0.15) is 0 Å². The van der Waals surface area contributed by atoms with Gasteiger partial charge in [0.15, 0.2) is 11.8 Å². The van der Waals surface area contributed by atoms with Crippen LogP contribution in [-0.4, -0.2) is 46.0 Å². The Kier molecular flexibility index (Phi) is 6.98. The van der Waals surface area contributed by atoms with Crippen molar-refractivity contribution in [3.63, 3.8) is 0 Å². The first-order valence-electron chi connectivity index (χ1n) is 10.1. The maximum absolute atomic E-state index is 12.7. The fraction of sp³-hybridized carbons (Fsp3) is 0.524. The number of rotatable bonds is 7. The molecule has 2 amide bonds. The number of aromatic nitrogens is 3. The molecule has 2 N–H and O–H groups in total. The van der Waals surface area contributed by atoms with Crippen LogP contribution in [0.5, 0.6) is 0 Å². The second-order valence-corrected chi connectivity index (χ2v) is 7.75. The van der Waals surface area contributed by atoms with Crippen molar-refractivity contribution in [1.29, 1.82) is 0 Å². The Morgan fingerprint density at radius 3 is 2.45 bits per heavy atom. The van der Waals surface area contributed by atoms with E-state index in [0.29, 0.717) is 5.69 Å². The molecule has 1 heterocycles. The van der Waals surface area contributed by atoms with Gasteiger partial charge in [-0.2, -0.15) is 0 Å². The van der Waals surface area contributed by atoms with Gasteiger partial charge in [0.05, 0.1) is 12.2 Å². The number of carbonyl (C=O) groups is 2. The summed E-state index contributed by atoms with van der Waals surface area (Å²) in [6.45, 7) is 3.81. The number of amides is 2. The maximum atomic E-state index is 12.7. The molecule has 3 rings (SSSR count). The first-order chi connectivity index (χ1) is 14.0. The van der Waals surface area contributed by atoms with E-state index in [9.17, 15) is 9.59 Å². The van der Waals surface area contributed by atoms with Crippen molar-refractivity contribution in [1.82, 2.24) is 25.6 Å². The molecule has 1 aromatic carbocycles. The Bertz CT molecular complexity index is 813. The molecule has 1 aromatic heterocycles. The molecule has 1 saturated carbocycles. The van der Waals surface area contributed by atoms with Crippen molar-refractivity contribution in [3.8, 4) is 0 Å². The number of methoxy groups -OCH3 is 1. The zero-order chi connectivity index (χ0) is 20.8. The van der Waals surface area contributed by atoms with Crippen LogP contribution in [0.1, 0.15) is 67.7 Å². The van der Waals surface area contributed by atoms with Crippen LogP contribution in [0.3, 0.4) is 0 Å². The van der Waals surface area contributed by atoms with E-state index in [1.165, 1.54) is 0 Å². The van der Waals surface area contributed by atoms with Gasteiger partial charge in [0, 0.05) is 19.2 Å². The third kappa shape index (κ3) is 5.41. The second kappa shape index (κ2) is 9.65. The summed E-state index contributed by atoms with van der Waals surface area (Å²) in [6.07, 6.45) is 4.51. The number of ether oxygens (including phenoxy) is 1. The van der Waals surface area contributed by atoms with Gasteiger partial charge < -0.3 is 15.4 Å². The third-order valence-corrected chi connectivity index (χ3v) is 5.16. The number of benzene rings is 1. The largest absolute Gasteiger partial charge is 0.367 e. The molecule has 29 heavy (non-hydrogen) atoms. The fourth-order valence-corrected chi connectivity index (χ4v) is 3.68. The van der Waals surface area contributed by atoms with Crippen LogP contribution in [-0.2, 0) is 9.53 Å². The first kappa shape index (κ1) is 21.0. The summed E-state index contributed by atoms with van der Waals surface area (Å²) >= 11 is 0. The van der Waals surface area contributed by atoms with Gasteiger partial charge >= 0.3 is 0 Å². The predicted octanol–water partition coefficient (Wildman–Crippen LogP) is 2.40. The van der Waals surface area contributed by atoms with Crippen molar-refractivity contribution < 1.29 is 14.3 Å². The van der Waals surface area contributed by atoms with Crippen molar-refractivity contribution in [3.05, 3.63) is 47.8 Å². The highest BCUT2D eigenvalue weighted by Gasteiger charge is 2.28. The standard InChI is InChI=1S/C21H29N5O3/c1-14(2)22-20(27)18-13-26(25-24-18)17-11-9-16(10-12-17)23-21(28)19(29-3)15-7-5-4-6-8-15/h4-8,13-14,16-17,19H,9-12H2,1-3H3,(H,22,27)(H,23,28)/t16?,17?,19-/m0/s1. The molecule has 0 unspecified atom stereocenters. The quantitative estimate of drug-likeness (QED) is 0.745. The van der Waals surface area contributed by atoms with Crippen molar-refractivity contribution in [2.45, 2.75) is 63.8 Å². The van der Waals surface area contributed by atoms with Gasteiger partial charge in [0.25, 0.3) is 11.8 Å². The second-order valence-electron chi connectivity index (χ2n) is 7.75. The lowest BCUT2D eigenvalue weighted by molar-refractivity contribution is -0.132. The number of carbonyl (C=O) groups excluding carboxylic acids is 2. The molecule has 1 aliphatic rings. The molecule has 1 aliphatic carbocycles. The van der Waals surface area contributed by atoms with E-state index in [0.717, 1.165) is 31.2 Å². The van der Waals surface area contributed by atoms with E-state index in [-0.39, 0.29) is 29.9 Å². The highest BCUT2D eigenvalue weighted by Crippen LogP contribution is 2.28. The molecule has 1 fully saturated rings. The van der Waals surface area contributed by atoms with Crippen LogP contribution in [0.2, 0.25) is 0 Å². The van der Waals surface area contributed by atoms with E-state index in [1.807, 2.05) is 44.2 Å². The maximum Gasteiger partial charge on any atom is 0.273 e. The monoisotopic (exact) mass is 399 g/mol. The molecular weight excluding hydrogens is 370 g/mol. The summed E-state index contributed by atoms with van der Waals surface area (Å²) in [7, 11) is 1.55. The summed E-state index contributed by atoms with van der Waals surface area (Å²) < 4.78 is 7.18. The number of hydrogen-bond donors (Lipinski definition) is 2. The van der Waals surface area contributed by atoms with Crippen LogP contribution in [0, 0.1) is 0 Å². The number of nitrogens with one attached hydrogen (secondary N) is 2. The van der Waals surface area contributed by atoms with Gasteiger partial charge in [-0.1, -0.05) is 35.5 Å². The zero-order valence-electron chi connectivity index (χ0n) is 17.2. The SMILES string of the molecule is CO[C@H](C(=O)NC1CCC(n2cc(C(=O)NC(C)C)nn2)CC1)c1ccccc1. The minimum Gasteiger partial charge on any atom is -0.367 e. The lowest BCUT2D eigenvalue weighted by atomic mass is 9.91. The highest BCUT2D eigenvalue weighted by atomic mass is 16.5. The lowest BCUT2D eigenvalue weighted by Gasteiger charge is -2.30. The van der Waals surface area contributed by atoms with E-state index in [1.54, 1.807) is 18.0 Å². The lowest BCUT2D eigenvalue weighted by Crippen LogP contribution is -2.41. The Hall–Kier alpha value is -2.74. The van der Waals surface area contributed by atoms with E-state index in [4.69, 9.17) is 4.74 Å². The summed E-state index contributed by atoms with van der Waals surface area (Å²) in [5.41, 5.74) is 1.18. The molecule has 8 heteroatoms. The molecule has 2 aromatic rings. The smallest absolute Gasteiger partial charge is 0.273 e. The average Bonchev–Trinajstić information content (AvgIpc) is 3.20. The summed E-state index contributed by atoms with van der Waals surface area (Å²) in [6, 6.07) is 9.83. The molecule has 0 bridgehead atoms. The van der Waals surface area contributed by atoms with Crippen molar-refractivity contribution >= 4 is 11.8 Å². The Labute approximate surface area is 171 Å². The molecule has 0 spiro atoms. The van der Waals surface area contributed by atoms with Gasteiger partial charge in [-0.25, -0.2) is 4.68 Å². The Morgan fingerprint density at radius 2 is 1.83 bits per heavy atom. The van der Waals surface area contributed by atoms with Gasteiger partial charge in [-0.3, -0.25) is 9.59 Å². The molecular formula is C21H29N5O3. The van der Waals surface area contributed by atoms with Crippen LogP contribution >= 0.6 is 0 Å². The van der Waals surface area contributed by atoms with Gasteiger partial charge in [-0.15, -0.1) is 5.10 Å². The van der Waals surface area contributed by atoms with Gasteiger partial charge in [-0.05, 0) is 45.1 Å². The molecule has 0 saturated heterocycles. The molecule has 1 atom stereocenters. The highest BCUT2D eigenvalue weighted by molar-refractivity contribution is 5.92.